The zero-order chi connectivity index (χ0) is 22.0. The van der Waals surface area contributed by atoms with Crippen LogP contribution < -0.4 is 4.72 Å². The Morgan fingerprint density at radius 1 is 1.03 bits per heavy atom. The first kappa shape index (κ1) is 21.6. The molecule has 0 bridgehead atoms. The quantitative estimate of drug-likeness (QED) is 0.738. The number of nitrogens with one attached hydrogen (secondary N) is 1. The average molecular weight is 440 g/mol. The van der Waals surface area contributed by atoms with Crippen LogP contribution in [0.5, 0.6) is 0 Å². The molecule has 7 heteroatoms. The monoisotopic (exact) mass is 439 g/mol. The number of sulfonamides is 1. The molecule has 1 heterocycles. The molecular formula is C24H29N3O3S. The molecule has 1 amide bonds. The van der Waals surface area contributed by atoms with Gasteiger partial charge in [0.05, 0.1) is 18.0 Å². The minimum Gasteiger partial charge on any atom is -0.284 e. The Labute approximate surface area is 184 Å². The molecule has 2 aromatic rings. The molecule has 0 unspecified atom stereocenters. The number of anilines is 1. The largest absolute Gasteiger partial charge is 0.284 e. The Kier molecular flexibility index (Phi) is 6.14. The van der Waals surface area contributed by atoms with Gasteiger partial charge in [-0.15, -0.1) is 0 Å². The first-order valence-corrected chi connectivity index (χ1v) is 12.8. The smallest absolute Gasteiger partial charge is 0.246 e. The third-order valence-electron chi connectivity index (χ3n) is 6.16. The summed E-state index contributed by atoms with van der Waals surface area (Å²) in [6, 6.07) is 15.2. The summed E-state index contributed by atoms with van der Waals surface area (Å²) < 4.78 is 25.4. The normalized spacial score (nSPS) is 19.9. The van der Waals surface area contributed by atoms with Gasteiger partial charge in [-0.1, -0.05) is 55.7 Å². The number of benzene rings is 2. The summed E-state index contributed by atoms with van der Waals surface area (Å²) in [7, 11) is -3.32. The summed E-state index contributed by atoms with van der Waals surface area (Å²) in [5.41, 5.74) is 4.54. The summed E-state index contributed by atoms with van der Waals surface area (Å²) in [5, 5.41) is 6.52. The molecule has 2 aliphatic rings. The van der Waals surface area contributed by atoms with Crippen LogP contribution in [0.15, 0.2) is 53.6 Å². The lowest BCUT2D eigenvalue weighted by Gasteiger charge is -2.29. The number of rotatable bonds is 5. The van der Waals surface area contributed by atoms with E-state index in [1.165, 1.54) is 6.42 Å². The highest BCUT2D eigenvalue weighted by Gasteiger charge is 2.37. The number of carbonyl (C=O) groups is 1. The predicted molar refractivity (Wildman–Crippen MR) is 123 cm³/mol. The molecular weight excluding hydrogens is 410 g/mol. The van der Waals surface area contributed by atoms with Crippen LogP contribution in [0.4, 0.5) is 5.69 Å². The van der Waals surface area contributed by atoms with Crippen LogP contribution in [0.25, 0.3) is 0 Å². The topological polar surface area (TPSA) is 78.8 Å². The van der Waals surface area contributed by atoms with Gasteiger partial charge in [-0.2, -0.15) is 5.10 Å². The minimum absolute atomic E-state index is 0.0460. The van der Waals surface area contributed by atoms with Crippen molar-refractivity contribution in [2.24, 2.45) is 11.0 Å². The number of hydrogen-bond donors (Lipinski definition) is 1. The van der Waals surface area contributed by atoms with Crippen LogP contribution >= 0.6 is 0 Å². The highest BCUT2D eigenvalue weighted by molar-refractivity contribution is 7.92. The summed E-state index contributed by atoms with van der Waals surface area (Å²) in [4.78, 5) is 13.4. The number of aryl methyl sites for hydroxylation is 1. The Balaban J connectivity index is 1.64. The van der Waals surface area contributed by atoms with E-state index in [4.69, 9.17) is 5.10 Å². The van der Waals surface area contributed by atoms with E-state index in [9.17, 15) is 13.2 Å². The van der Waals surface area contributed by atoms with Crippen LogP contribution in [-0.2, 0) is 14.8 Å². The van der Waals surface area contributed by atoms with Crippen molar-refractivity contribution >= 4 is 27.3 Å². The Morgan fingerprint density at radius 3 is 2.35 bits per heavy atom. The average Bonchev–Trinajstić information content (AvgIpc) is 3.19. The molecule has 31 heavy (non-hydrogen) atoms. The van der Waals surface area contributed by atoms with E-state index in [-0.39, 0.29) is 17.9 Å². The van der Waals surface area contributed by atoms with Crippen molar-refractivity contribution in [1.29, 1.82) is 0 Å². The fourth-order valence-corrected chi connectivity index (χ4v) is 5.14. The molecule has 1 N–H and O–H groups in total. The van der Waals surface area contributed by atoms with Gasteiger partial charge in [0.25, 0.3) is 0 Å². The zero-order valence-corrected chi connectivity index (χ0v) is 18.9. The highest BCUT2D eigenvalue weighted by Crippen LogP contribution is 2.37. The highest BCUT2D eigenvalue weighted by atomic mass is 32.2. The van der Waals surface area contributed by atoms with Gasteiger partial charge in [-0.05, 0) is 48.6 Å². The fourth-order valence-electron chi connectivity index (χ4n) is 4.57. The summed E-state index contributed by atoms with van der Waals surface area (Å²) in [6.45, 7) is 2.07. The minimum atomic E-state index is -3.32. The van der Waals surface area contributed by atoms with Crippen molar-refractivity contribution < 1.29 is 13.2 Å². The second-order valence-electron chi connectivity index (χ2n) is 8.59. The third-order valence-corrected chi connectivity index (χ3v) is 6.77. The number of carbonyl (C=O) groups excluding carboxylic acids is 1. The predicted octanol–water partition coefficient (Wildman–Crippen LogP) is 4.62. The van der Waals surface area contributed by atoms with Crippen molar-refractivity contribution in [3.05, 3.63) is 65.2 Å². The lowest BCUT2D eigenvalue weighted by atomic mass is 9.87. The Bertz CT molecular complexity index is 1090. The van der Waals surface area contributed by atoms with Crippen molar-refractivity contribution in [2.45, 2.75) is 51.5 Å². The third kappa shape index (κ3) is 4.98. The van der Waals surface area contributed by atoms with Crippen molar-refractivity contribution in [3.63, 3.8) is 0 Å². The van der Waals surface area contributed by atoms with Crippen molar-refractivity contribution in [3.8, 4) is 0 Å². The van der Waals surface area contributed by atoms with Gasteiger partial charge < -0.3 is 0 Å². The van der Waals surface area contributed by atoms with Gasteiger partial charge in [-0.3, -0.25) is 9.52 Å². The van der Waals surface area contributed by atoms with Gasteiger partial charge >= 0.3 is 0 Å². The molecule has 164 valence electrons. The van der Waals surface area contributed by atoms with Gasteiger partial charge in [0, 0.05) is 18.0 Å². The van der Waals surface area contributed by atoms with E-state index >= 15 is 0 Å². The first-order valence-electron chi connectivity index (χ1n) is 10.9. The molecule has 1 atom stereocenters. The Hall–Kier alpha value is -2.67. The number of nitrogens with zero attached hydrogens (tertiary/aromatic N) is 2. The number of hydrazone groups is 1. The molecule has 0 spiro atoms. The van der Waals surface area contributed by atoms with E-state index in [0.29, 0.717) is 12.1 Å². The summed E-state index contributed by atoms with van der Waals surface area (Å²) >= 11 is 0. The maximum Gasteiger partial charge on any atom is 0.246 e. The maximum absolute atomic E-state index is 13.4. The second-order valence-corrected chi connectivity index (χ2v) is 10.3. The lowest BCUT2D eigenvalue weighted by molar-refractivity contribution is -0.138. The maximum atomic E-state index is 13.4. The molecule has 2 aromatic carbocycles. The molecule has 1 aliphatic heterocycles. The fraction of sp³-hybridized carbons (Fsp3) is 0.417. The van der Waals surface area contributed by atoms with Crippen LogP contribution in [-0.4, -0.2) is 31.3 Å². The van der Waals surface area contributed by atoms with Gasteiger partial charge in [0.2, 0.25) is 15.9 Å². The summed E-state index contributed by atoms with van der Waals surface area (Å²) in [5.74, 6) is 0.169. The van der Waals surface area contributed by atoms with Crippen molar-refractivity contribution in [2.75, 3.05) is 11.0 Å². The molecule has 0 radical (unpaired) electrons. The lowest BCUT2D eigenvalue weighted by Crippen LogP contribution is -2.34. The van der Waals surface area contributed by atoms with Crippen molar-refractivity contribution in [1.82, 2.24) is 5.01 Å². The molecule has 6 nitrogen and oxygen atoms in total. The number of amides is 1. The van der Waals surface area contributed by atoms with Gasteiger partial charge in [0.15, 0.2) is 0 Å². The molecule has 1 aliphatic carbocycles. The molecule has 0 saturated heterocycles. The van der Waals surface area contributed by atoms with E-state index in [1.54, 1.807) is 17.1 Å². The first-order chi connectivity index (χ1) is 14.8. The van der Waals surface area contributed by atoms with Crippen LogP contribution in [0.2, 0.25) is 0 Å². The van der Waals surface area contributed by atoms with Crippen LogP contribution in [0, 0.1) is 12.8 Å². The molecule has 1 fully saturated rings. The van der Waals surface area contributed by atoms with E-state index in [2.05, 4.69) is 23.8 Å². The summed E-state index contributed by atoms with van der Waals surface area (Å²) in [6.07, 6.45) is 7.05. The van der Waals surface area contributed by atoms with Crippen LogP contribution in [0.1, 0.15) is 61.3 Å². The van der Waals surface area contributed by atoms with E-state index in [0.717, 1.165) is 54.3 Å². The Morgan fingerprint density at radius 2 is 1.71 bits per heavy atom. The zero-order valence-electron chi connectivity index (χ0n) is 18.0. The standard InChI is InChI=1S/C24H29N3O3S/c1-17-8-6-7-11-21(17)23-16-22(18-12-14-20(15-13-18)26-31(2,29)30)25-27(23)24(28)19-9-4-3-5-10-19/h6-8,11-15,19,23,26H,3-5,9-10,16H2,1-2H3/t23-/m0/s1. The molecule has 1 saturated carbocycles. The number of hydrogen-bond acceptors (Lipinski definition) is 4. The second kappa shape index (κ2) is 8.83. The van der Waals surface area contributed by atoms with E-state index in [1.807, 2.05) is 24.3 Å². The van der Waals surface area contributed by atoms with E-state index < -0.39 is 10.0 Å². The van der Waals surface area contributed by atoms with Gasteiger partial charge in [0.1, 0.15) is 0 Å². The van der Waals surface area contributed by atoms with Crippen LogP contribution in [0.3, 0.4) is 0 Å². The SMILES string of the molecule is Cc1ccccc1[C@@H]1CC(c2ccc(NS(C)(=O)=O)cc2)=NN1C(=O)C1CCCCC1. The van der Waals surface area contributed by atoms with Gasteiger partial charge in [-0.25, -0.2) is 13.4 Å². The molecule has 4 rings (SSSR count). The molecule has 0 aromatic heterocycles.